The molecule has 0 saturated carbocycles. The number of para-hydroxylation sites is 1. The van der Waals surface area contributed by atoms with Crippen molar-refractivity contribution in [2.24, 2.45) is 0 Å². The molecule has 2 aromatic carbocycles. The lowest BCUT2D eigenvalue weighted by molar-refractivity contribution is 0.355. The zero-order chi connectivity index (χ0) is 24.6. The summed E-state index contributed by atoms with van der Waals surface area (Å²) < 4.78 is 24.3. The van der Waals surface area contributed by atoms with Gasteiger partial charge in [0.1, 0.15) is 5.76 Å². The van der Waals surface area contributed by atoms with Crippen LogP contribution in [0.3, 0.4) is 0 Å². The number of hydrogen-bond donors (Lipinski definition) is 0. The van der Waals surface area contributed by atoms with Gasteiger partial charge in [-0.2, -0.15) is 0 Å². The Morgan fingerprint density at radius 3 is 2.61 bits per heavy atom. The van der Waals surface area contributed by atoms with Crippen LogP contribution < -0.4 is 9.47 Å². The average molecular weight is 500 g/mol. The number of aryl methyl sites for hydroxylation is 1. The highest BCUT2D eigenvalue weighted by molar-refractivity contribution is 7.98. The Balaban J connectivity index is 1.35. The molecule has 0 amide bonds. The summed E-state index contributed by atoms with van der Waals surface area (Å²) in [6.07, 6.45) is 1.63. The van der Waals surface area contributed by atoms with Crippen LogP contribution in [0.2, 0.25) is 0 Å². The number of aromatic nitrogens is 5. The molecule has 0 saturated heterocycles. The Kier molecular flexibility index (Phi) is 5.57. The maximum Gasteiger partial charge on any atom is 0.226 e. The summed E-state index contributed by atoms with van der Waals surface area (Å²) in [4.78, 5) is 9.58. The lowest BCUT2D eigenvalue weighted by Crippen LogP contribution is -1.99. The summed E-state index contributed by atoms with van der Waals surface area (Å²) in [5.41, 5.74) is 3.16. The highest BCUT2D eigenvalue weighted by atomic mass is 32.2. The van der Waals surface area contributed by atoms with Gasteiger partial charge in [-0.05, 0) is 49.4 Å². The van der Waals surface area contributed by atoms with Gasteiger partial charge in [0, 0.05) is 16.7 Å². The second-order valence-corrected chi connectivity index (χ2v) is 8.89. The lowest BCUT2D eigenvalue weighted by Gasteiger charge is -2.07. The molecule has 0 N–H and O–H groups in total. The number of benzene rings is 2. The predicted octanol–water partition coefficient (Wildman–Crippen LogP) is 5.81. The largest absolute Gasteiger partial charge is 0.493 e. The quantitative estimate of drug-likeness (QED) is 0.252. The molecule has 180 valence electrons. The fourth-order valence-electron chi connectivity index (χ4n) is 4.01. The SMILES string of the molecule is COc1ccc(-c2nc(CSc3nnc4c5ccccc5nc(-c5ccco5)n34)c(C)o2)cc1OC. The van der Waals surface area contributed by atoms with Gasteiger partial charge in [-0.25, -0.2) is 9.97 Å². The minimum atomic E-state index is 0.513. The van der Waals surface area contributed by atoms with Crippen molar-refractivity contribution in [2.75, 3.05) is 14.2 Å². The van der Waals surface area contributed by atoms with Gasteiger partial charge < -0.3 is 18.3 Å². The second-order valence-electron chi connectivity index (χ2n) is 7.95. The van der Waals surface area contributed by atoms with Crippen LogP contribution in [0, 0.1) is 6.92 Å². The molecule has 4 heterocycles. The molecule has 0 aliphatic rings. The molecule has 6 aromatic rings. The summed E-state index contributed by atoms with van der Waals surface area (Å²) in [5.74, 6) is 4.32. The molecule has 0 atom stereocenters. The van der Waals surface area contributed by atoms with E-state index in [0.717, 1.165) is 33.6 Å². The van der Waals surface area contributed by atoms with Crippen LogP contribution in [0.4, 0.5) is 0 Å². The van der Waals surface area contributed by atoms with E-state index in [1.165, 1.54) is 11.8 Å². The summed E-state index contributed by atoms with van der Waals surface area (Å²) in [6.45, 7) is 1.90. The van der Waals surface area contributed by atoms with Crippen molar-refractivity contribution in [3.63, 3.8) is 0 Å². The van der Waals surface area contributed by atoms with Gasteiger partial charge in [-0.1, -0.05) is 23.9 Å². The number of fused-ring (bicyclic) bond motifs is 3. The Labute approximate surface area is 210 Å². The number of thioether (sulfide) groups is 1. The number of furan rings is 1. The standard InChI is InChI=1S/C26H21N5O4S/c1-15-19(28-25(35-15)16-10-11-20(32-2)22(13-16)33-3)14-36-26-30-29-23-17-7-4-5-8-18(17)27-24(31(23)26)21-9-6-12-34-21/h4-13H,14H2,1-3H3. The molecule has 0 bridgehead atoms. The van der Waals surface area contributed by atoms with E-state index >= 15 is 0 Å². The highest BCUT2D eigenvalue weighted by Crippen LogP contribution is 2.34. The third-order valence-electron chi connectivity index (χ3n) is 5.82. The molecule has 36 heavy (non-hydrogen) atoms. The lowest BCUT2D eigenvalue weighted by atomic mass is 10.2. The summed E-state index contributed by atoms with van der Waals surface area (Å²) in [6, 6.07) is 17.1. The van der Waals surface area contributed by atoms with Crippen molar-refractivity contribution in [1.29, 1.82) is 0 Å². The van der Waals surface area contributed by atoms with Crippen LogP contribution in [0.5, 0.6) is 11.5 Å². The predicted molar refractivity (Wildman–Crippen MR) is 135 cm³/mol. The van der Waals surface area contributed by atoms with E-state index in [1.807, 2.05) is 65.9 Å². The van der Waals surface area contributed by atoms with Gasteiger partial charge in [-0.3, -0.25) is 4.40 Å². The third-order valence-corrected chi connectivity index (χ3v) is 6.76. The van der Waals surface area contributed by atoms with E-state index in [0.29, 0.717) is 39.9 Å². The van der Waals surface area contributed by atoms with Crippen LogP contribution in [-0.4, -0.2) is 38.8 Å². The first-order valence-electron chi connectivity index (χ1n) is 11.2. The van der Waals surface area contributed by atoms with Gasteiger partial charge in [0.05, 0.1) is 31.7 Å². The minimum absolute atomic E-state index is 0.513. The normalized spacial score (nSPS) is 11.4. The Hall–Kier alpha value is -4.31. The first-order valence-corrected chi connectivity index (χ1v) is 12.1. The molecule has 0 aliphatic carbocycles. The van der Waals surface area contributed by atoms with Crippen LogP contribution in [0.15, 0.2) is 74.9 Å². The molecule has 6 rings (SSSR count). The molecule has 0 fully saturated rings. The van der Waals surface area contributed by atoms with Crippen molar-refractivity contribution in [3.8, 4) is 34.5 Å². The van der Waals surface area contributed by atoms with E-state index in [1.54, 1.807) is 20.5 Å². The number of hydrogen-bond acceptors (Lipinski definition) is 9. The molecule has 9 nitrogen and oxygen atoms in total. The van der Waals surface area contributed by atoms with Gasteiger partial charge >= 0.3 is 0 Å². The molecular weight excluding hydrogens is 478 g/mol. The first kappa shape index (κ1) is 22.2. The van der Waals surface area contributed by atoms with Crippen molar-refractivity contribution < 1.29 is 18.3 Å². The van der Waals surface area contributed by atoms with Crippen LogP contribution in [0.25, 0.3) is 39.6 Å². The summed E-state index contributed by atoms with van der Waals surface area (Å²) >= 11 is 1.51. The van der Waals surface area contributed by atoms with E-state index in [9.17, 15) is 0 Å². The monoisotopic (exact) mass is 499 g/mol. The van der Waals surface area contributed by atoms with Crippen LogP contribution in [-0.2, 0) is 5.75 Å². The van der Waals surface area contributed by atoms with Gasteiger partial charge in [-0.15, -0.1) is 10.2 Å². The molecule has 4 aromatic heterocycles. The Morgan fingerprint density at radius 1 is 0.944 bits per heavy atom. The zero-order valence-corrected chi connectivity index (χ0v) is 20.6. The smallest absolute Gasteiger partial charge is 0.226 e. The zero-order valence-electron chi connectivity index (χ0n) is 19.8. The highest BCUT2D eigenvalue weighted by Gasteiger charge is 2.20. The van der Waals surface area contributed by atoms with Crippen molar-refractivity contribution in [3.05, 3.63) is 72.3 Å². The fraction of sp³-hybridized carbons (Fsp3) is 0.154. The molecule has 0 spiro atoms. The van der Waals surface area contributed by atoms with Gasteiger partial charge in [0.2, 0.25) is 5.89 Å². The van der Waals surface area contributed by atoms with Crippen molar-refractivity contribution >= 4 is 28.3 Å². The number of methoxy groups -OCH3 is 2. The maximum absolute atomic E-state index is 5.98. The number of nitrogens with zero attached hydrogens (tertiary/aromatic N) is 5. The third kappa shape index (κ3) is 3.75. The van der Waals surface area contributed by atoms with E-state index in [2.05, 4.69) is 10.2 Å². The average Bonchev–Trinajstić information content (AvgIpc) is 3.67. The Morgan fingerprint density at radius 2 is 1.81 bits per heavy atom. The molecule has 0 unspecified atom stereocenters. The fourth-order valence-corrected chi connectivity index (χ4v) is 4.95. The van der Waals surface area contributed by atoms with Crippen molar-refractivity contribution in [2.45, 2.75) is 17.8 Å². The van der Waals surface area contributed by atoms with Gasteiger partial charge in [0.25, 0.3) is 0 Å². The molecule has 0 radical (unpaired) electrons. The molecular formula is C26H21N5O4S. The summed E-state index contributed by atoms with van der Waals surface area (Å²) in [7, 11) is 3.20. The minimum Gasteiger partial charge on any atom is -0.493 e. The topological polar surface area (TPSA) is 101 Å². The van der Waals surface area contributed by atoms with E-state index < -0.39 is 0 Å². The van der Waals surface area contributed by atoms with Crippen molar-refractivity contribution in [1.82, 2.24) is 24.6 Å². The molecule has 10 heteroatoms. The van der Waals surface area contributed by atoms with Crippen LogP contribution >= 0.6 is 11.8 Å². The van der Waals surface area contributed by atoms with E-state index in [4.69, 9.17) is 28.3 Å². The first-order chi connectivity index (χ1) is 17.7. The molecule has 0 aliphatic heterocycles. The Bertz CT molecular complexity index is 1690. The number of ether oxygens (including phenoxy) is 2. The van der Waals surface area contributed by atoms with E-state index in [-0.39, 0.29) is 0 Å². The number of rotatable bonds is 7. The van der Waals surface area contributed by atoms with Gasteiger partial charge in [0.15, 0.2) is 33.9 Å². The number of oxazole rings is 1. The second kappa shape index (κ2) is 9.04. The summed E-state index contributed by atoms with van der Waals surface area (Å²) in [5, 5.41) is 10.6. The van der Waals surface area contributed by atoms with Crippen LogP contribution in [0.1, 0.15) is 11.5 Å². The maximum atomic E-state index is 5.98.